The maximum Gasteiger partial charge on any atom is 0.193 e. The predicted octanol–water partition coefficient (Wildman–Crippen LogP) is 4.38. The molecular formula is C19H15F3N4S. The Hall–Kier alpha value is -3.00. The van der Waals surface area contributed by atoms with Crippen molar-refractivity contribution in [3.63, 3.8) is 0 Å². The molecule has 0 spiro atoms. The van der Waals surface area contributed by atoms with E-state index < -0.39 is 17.5 Å². The average Bonchev–Trinajstić information content (AvgIpc) is 2.65. The number of nitrogens with zero attached hydrogens (tertiary/aromatic N) is 2. The van der Waals surface area contributed by atoms with E-state index in [2.05, 4.69) is 27.9 Å². The number of nitrogens with two attached hydrogens (primary N) is 1. The van der Waals surface area contributed by atoms with E-state index in [0.717, 1.165) is 6.07 Å². The number of rotatable bonds is 4. The number of thiol groups is 1. The van der Waals surface area contributed by atoms with Crippen LogP contribution in [-0.4, -0.2) is 10.9 Å². The fraction of sp³-hybridized carbons (Fsp3) is 0.0526. The predicted molar refractivity (Wildman–Crippen MR) is 102 cm³/mol. The number of guanidine groups is 1. The number of pyridine rings is 1. The molecule has 0 aliphatic carbocycles. The highest BCUT2D eigenvalue weighted by molar-refractivity contribution is 7.80. The number of halogens is 3. The van der Waals surface area contributed by atoms with E-state index in [9.17, 15) is 13.2 Å². The van der Waals surface area contributed by atoms with Crippen molar-refractivity contribution < 1.29 is 13.2 Å². The molecule has 4 nitrogen and oxygen atoms in total. The van der Waals surface area contributed by atoms with Crippen molar-refractivity contribution in [3.8, 4) is 11.1 Å². The van der Waals surface area contributed by atoms with E-state index in [0.29, 0.717) is 16.7 Å². The number of nitrogens with one attached hydrogen (secondary N) is 1. The summed E-state index contributed by atoms with van der Waals surface area (Å²) in [5, 5.41) is 2.83. The van der Waals surface area contributed by atoms with Gasteiger partial charge in [0.2, 0.25) is 0 Å². The van der Waals surface area contributed by atoms with Crippen LogP contribution in [0.25, 0.3) is 11.1 Å². The number of anilines is 1. The Morgan fingerprint density at radius 2 is 1.89 bits per heavy atom. The van der Waals surface area contributed by atoms with Crippen LogP contribution in [0.5, 0.6) is 0 Å². The Morgan fingerprint density at radius 3 is 2.63 bits per heavy atom. The van der Waals surface area contributed by atoms with E-state index in [1.54, 1.807) is 30.5 Å². The van der Waals surface area contributed by atoms with E-state index >= 15 is 0 Å². The molecule has 0 atom stereocenters. The Bertz CT molecular complexity index is 994. The van der Waals surface area contributed by atoms with Gasteiger partial charge < -0.3 is 11.1 Å². The summed E-state index contributed by atoms with van der Waals surface area (Å²) in [4.78, 5) is 8.71. The number of aromatic nitrogens is 1. The zero-order valence-electron chi connectivity index (χ0n) is 14.0. The molecule has 3 rings (SSSR count). The summed E-state index contributed by atoms with van der Waals surface area (Å²) >= 11 is 4.32. The molecule has 138 valence electrons. The van der Waals surface area contributed by atoms with Gasteiger partial charge in [-0.25, -0.2) is 18.2 Å². The zero-order valence-corrected chi connectivity index (χ0v) is 14.9. The summed E-state index contributed by atoms with van der Waals surface area (Å²) < 4.78 is 41.4. The number of aliphatic imine (C=N–C) groups is 1. The van der Waals surface area contributed by atoms with E-state index in [4.69, 9.17) is 5.73 Å². The van der Waals surface area contributed by atoms with Gasteiger partial charge in [0.1, 0.15) is 5.82 Å². The van der Waals surface area contributed by atoms with Gasteiger partial charge in [0.15, 0.2) is 17.6 Å². The Balaban J connectivity index is 1.95. The summed E-state index contributed by atoms with van der Waals surface area (Å²) in [6.07, 6.45) is 1.64. The lowest BCUT2D eigenvalue weighted by molar-refractivity contribution is 0.497. The lowest BCUT2D eigenvalue weighted by atomic mass is 10.0. The Morgan fingerprint density at radius 1 is 1.07 bits per heavy atom. The molecule has 0 bridgehead atoms. The molecule has 0 fully saturated rings. The number of benzene rings is 2. The number of para-hydroxylation sites is 1. The summed E-state index contributed by atoms with van der Waals surface area (Å²) in [7, 11) is 0. The van der Waals surface area contributed by atoms with Gasteiger partial charge in [0, 0.05) is 28.3 Å². The molecule has 0 saturated carbocycles. The van der Waals surface area contributed by atoms with Crippen LogP contribution < -0.4 is 11.1 Å². The third-order valence-corrected chi connectivity index (χ3v) is 4.09. The van der Waals surface area contributed by atoms with Gasteiger partial charge in [-0.2, -0.15) is 0 Å². The first-order valence-electron chi connectivity index (χ1n) is 7.89. The SMILES string of the molecule is NC(=NCc1ccccn1)Nc1c(S)cccc1-c1cc(F)cc(F)c1F. The maximum atomic E-state index is 14.2. The van der Waals surface area contributed by atoms with Crippen molar-refractivity contribution in [2.24, 2.45) is 10.7 Å². The second-order valence-corrected chi connectivity index (χ2v) is 6.08. The Kier molecular flexibility index (Phi) is 5.66. The molecule has 0 radical (unpaired) electrons. The van der Waals surface area contributed by atoms with E-state index in [1.807, 2.05) is 6.07 Å². The van der Waals surface area contributed by atoms with Gasteiger partial charge in [-0.3, -0.25) is 4.98 Å². The van der Waals surface area contributed by atoms with Gasteiger partial charge in [-0.15, -0.1) is 12.6 Å². The molecule has 0 aliphatic heterocycles. The average molecular weight is 388 g/mol. The first-order chi connectivity index (χ1) is 13.0. The highest BCUT2D eigenvalue weighted by Gasteiger charge is 2.17. The molecule has 0 saturated heterocycles. The van der Waals surface area contributed by atoms with Crippen LogP contribution in [0.1, 0.15) is 5.69 Å². The molecule has 27 heavy (non-hydrogen) atoms. The van der Waals surface area contributed by atoms with Crippen LogP contribution in [0.2, 0.25) is 0 Å². The second-order valence-electron chi connectivity index (χ2n) is 5.60. The fourth-order valence-electron chi connectivity index (χ4n) is 2.47. The van der Waals surface area contributed by atoms with Crippen LogP contribution in [0.4, 0.5) is 18.9 Å². The fourth-order valence-corrected chi connectivity index (χ4v) is 2.74. The van der Waals surface area contributed by atoms with Crippen LogP contribution >= 0.6 is 12.6 Å². The minimum atomic E-state index is -1.28. The smallest absolute Gasteiger partial charge is 0.193 e. The highest BCUT2D eigenvalue weighted by Crippen LogP contribution is 2.35. The van der Waals surface area contributed by atoms with Gasteiger partial charge >= 0.3 is 0 Å². The van der Waals surface area contributed by atoms with Crippen molar-refractivity contribution in [1.82, 2.24) is 4.98 Å². The summed E-state index contributed by atoms with van der Waals surface area (Å²) in [6, 6.07) is 11.5. The van der Waals surface area contributed by atoms with Crippen molar-refractivity contribution in [3.05, 3.63) is 77.9 Å². The standard InChI is InChI=1S/C19H15F3N4S/c20-11-8-14(17(22)15(21)9-11)13-5-3-6-16(27)18(13)26-19(23)25-10-12-4-1-2-7-24-12/h1-9,27H,10H2,(H3,23,25,26). The summed E-state index contributed by atoms with van der Waals surface area (Å²) in [5.41, 5.74) is 6.85. The van der Waals surface area contributed by atoms with Crippen molar-refractivity contribution in [2.75, 3.05) is 5.32 Å². The molecule has 0 amide bonds. The normalized spacial score (nSPS) is 11.5. The molecule has 2 aromatic carbocycles. The first kappa shape index (κ1) is 18.8. The molecular weight excluding hydrogens is 373 g/mol. The Labute approximate surface area is 159 Å². The zero-order chi connectivity index (χ0) is 19.4. The maximum absolute atomic E-state index is 14.2. The van der Waals surface area contributed by atoms with Gasteiger partial charge in [-0.1, -0.05) is 18.2 Å². The minimum Gasteiger partial charge on any atom is -0.370 e. The summed E-state index contributed by atoms with van der Waals surface area (Å²) in [6.45, 7) is 0.229. The number of hydrogen-bond donors (Lipinski definition) is 3. The highest BCUT2D eigenvalue weighted by atomic mass is 32.1. The minimum absolute atomic E-state index is 0.0284. The lowest BCUT2D eigenvalue weighted by Crippen LogP contribution is -2.23. The van der Waals surface area contributed by atoms with Gasteiger partial charge in [0.05, 0.1) is 17.9 Å². The van der Waals surface area contributed by atoms with E-state index in [1.165, 1.54) is 6.07 Å². The van der Waals surface area contributed by atoms with Gasteiger partial charge in [0.25, 0.3) is 0 Å². The third kappa shape index (κ3) is 4.40. The third-order valence-electron chi connectivity index (χ3n) is 3.72. The molecule has 3 N–H and O–H groups in total. The van der Waals surface area contributed by atoms with Crippen molar-refractivity contribution in [1.29, 1.82) is 0 Å². The van der Waals surface area contributed by atoms with Crippen LogP contribution in [0.15, 0.2) is 64.6 Å². The summed E-state index contributed by atoms with van der Waals surface area (Å²) in [5.74, 6) is -3.31. The van der Waals surface area contributed by atoms with Crippen molar-refractivity contribution >= 4 is 24.3 Å². The largest absolute Gasteiger partial charge is 0.370 e. The van der Waals surface area contributed by atoms with Crippen LogP contribution in [0.3, 0.4) is 0 Å². The molecule has 3 aromatic rings. The van der Waals surface area contributed by atoms with Crippen molar-refractivity contribution in [2.45, 2.75) is 11.4 Å². The lowest BCUT2D eigenvalue weighted by Gasteiger charge is -2.15. The van der Waals surface area contributed by atoms with Crippen LogP contribution in [0, 0.1) is 17.5 Å². The number of hydrogen-bond acceptors (Lipinski definition) is 3. The van der Waals surface area contributed by atoms with E-state index in [-0.39, 0.29) is 29.3 Å². The monoisotopic (exact) mass is 388 g/mol. The molecule has 8 heteroatoms. The topological polar surface area (TPSA) is 63.3 Å². The quantitative estimate of drug-likeness (QED) is 0.269. The molecule has 1 heterocycles. The van der Waals surface area contributed by atoms with Gasteiger partial charge in [-0.05, 0) is 24.3 Å². The molecule has 0 unspecified atom stereocenters. The molecule has 1 aromatic heterocycles. The first-order valence-corrected chi connectivity index (χ1v) is 8.34. The van der Waals surface area contributed by atoms with Crippen LogP contribution in [-0.2, 0) is 6.54 Å². The molecule has 0 aliphatic rings. The second kappa shape index (κ2) is 8.13.